The van der Waals surface area contributed by atoms with Gasteiger partial charge in [-0.3, -0.25) is 0 Å². The summed E-state index contributed by atoms with van der Waals surface area (Å²) < 4.78 is 5.24. The molecule has 0 amide bonds. The van der Waals surface area contributed by atoms with Gasteiger partial charge in [0.15, 0.2) is 0 Å². The van der Waals surface area contributed by atoms with Crippen LogP contribution in [0, 0.1) is 0 Å². The van der Waals surface area contributed by atoms with E-state index in [1.54, 1.807) is 7.11 Å². The van der Waals surface area contributed by atoms with Gasteiger partial charge in [-0.05, 0) is 44.0 Å². The molecule has 0 atom stereocenters. The molecule has 0 fully saturated rings. The summed E-state index contributed by atoms with van der Waals surface area (Å²) in [5.41, 5.74) is 8.27. The van der Waals surface area contributed by atoms with Gasteiger partial charge < -0.3 is 15.4 Å². The van der Waals surface area contributed by atoms with E-state index in [1.807, 2.05) is 34.0 Å². The zero-order valence-corrected chi connectivity index (χ0v) is 10.9. The Balaban J connectivity index is 3.10. The highest BCUT2D eigenvalue weighted by Gasteiger charge is 2.16. The van der Waals surface area contributed by atoms with E-state index >= 15 is 0 Å². The highest BCUT2D eigenvalue weighted by Crippen LogP contribution is 2.26. The Hall–Kier alpha value is -1.22. The molecule has 0 aliphatic heterocycles. The molecule has 0 aliphatic carbocycles. The van der Waals surface area contributed by atoms with Crippen LogP contribution in [-0.2, 0) is 6.42 Å². The second kappa shape index (κ2) is 4.74. The molecule has 2 N–H and O–H groups in total. The third-order valence-electron chi connectivity index (χ3n) is 2.41. The lowest BCUT2D eigenvalue weighted by Gasteiger charge is -2.24. The summed E-state index contributed by atoms with van der Waals surface area (Å²) in [5.74, 6) is 0.879. The van der Waals surface area contributed by atoms with Crippen LogP contribution < -0.4 is 15.4 Å². The predicted molar refractivity (Wildman–Crippen MR) is 69.3 cm³/mol. The third kappa shape index (κ3) is 3.42. The Labute approximate surface area is 98.2 Å². The van der Waals surface area contributed by atoms with Gasteiger partial charge in [-0.15, -0.1) is 0 Å². The van der Waals surface area contributed by atoms with Crippen molar-refractivity contribution >= 4 is 5.69 Å². The fourth-order valence-electron chi connectivity index (χ4n) is 1.76. The lowest BCUT2D eigenvalue weighted by atomic mass is 9.94. The van der Waals surface area contributed by atoms with Gasteiger partial charge in [-0.2, -0.15) is 0 Å². The highest BCUT2D eigenvalue weighted by atomic mass is 16.5. The van der Waals surface area contributed by atoms with Gasteiger partial charge in [0.1, 0.15) is 5.75 Å². The lowest BCUT2D eigenvalue weighted by molar-refractivity contribution is 0.413. The second-order valence-corrected chi connectivity index (χ2v) is 5.05. The molecule has 16 heavy (non-hydrogen) atoms. The molecule has 0 unspecified atom stereocenters. The van der Waals surface area contributed by atoms with Crippen LogP contribution in [0.5, 0.6) is 5.75 Å². The van der Waals surface area contributed by atoms with Crippen LogP contribution in [-0.4, -0.2) is 26.7 Å². The summed E-state index contributed by atoms with van der Waals surface area (Å²) in [6, 6.07) is 6.10. The lowest BCUT2D eigenvalue weighted by Crippen LogP contribution is -2.35. The molecule has 0 spiro atoms. The molecule has 0 saturated carbocycles. The van der Waals surface area contributed by atoms with Gasteiger partial charge in [-0.25, -0.2) is 0 Å². The van der Waals surface area contributed by atoms with Crippen molar-refractivity contribution in [2.45, 2.75) is 25.8 Å². The van der Waals surface area contributed by atoms with Crippen LogP contribution >= 0.6 is 0 Å². The van der Waals surface area contributed by atoms with Crippen LogP contribution in [0.15, 0.2) is 18.2 Å². The molecule has 3 nitrogen and oxygen atoms in total. The average Bonchev–Trinajstić information content (AvgIpc) is 2.14. The molecule has 0 heterocycles. The fourth-order valence-corrected chi connectivity index (χ4v) is 1.76. The maximum absolute atomic E-state index is 6.07. The minimum atomic E-state index is -0.211. The van der Waals surface area contributed by atoms with Gasteiger partial charge in [0.05, 0.1) is 7.11 Å². The number of nitrogens with two attached hydrogens (primary N) is 1. The first-order chi connectivity index (χ1) is 7.33. The number of hydrogen-bond donors (Lipinski definition) is 1. The quantitative estimate of drug-likeness (QED) is 0.847. The molecule has 1 rings (SSSR count). The molecule has 1 aromatic carbocycles. The van der Waals surface area contributed by atoms with Gasteiger partial charge in [-0.1, -0.05) is 0 Å². The van der Waals surface area contributed by atoms with E-state index in [9.17, 15) is 0 Å². The van der Waals surface area contributed by atoms with E-state index in [1.165, 1.54) is 11.3 Å². The van der Waals surface area contributed by atoms with E-state index < -0.39 is 0 Å². The smallest absolute Gasteiger partial charge is 0.119 e. The number of rotatable bonds is 4. The first-order valence-corrected chi connectivity index (χ1v) is 5.46. The van der Waals surface area contributed by atoms with E-state index in [0.717, 1.165) is 12.2 Å². The molecule has 90 valence electrons. The zero-order valence-electron chi connectivity index (χ0n) is 10.9. The maximum atomic E-state index is 6.07. The maximum Gasteiger partial charge on any atom is 0.119 e. The van der Waals surface area contributed by atoms with Gasteiger partial charge >= 0.3 is 0 Å². The monoisotopic (exact) mass is 222 g/mol. The summed E-state index contributed by atoms with van der Waals surface area (Å²) >= 11 is 0. The Bertz CT molecular complexity index is 353. The summed E-state index contributed by atoms with van der Waals surface area (Å²) in [6.45, 7) is 4.07. The Morgan fingerprint density at radius 1 is 1.31 bits per heavy atom. The molecule has 1 aromatic rings. The number of anilines is 1. The number of methoxy groups -OCH3 is 1. The fraction of sp³-hybridized carbons (Fsp3) is 0.538. The van der Waals surface area contributed by atoms with Crippen LogP contribution in [0.1, 0.15) is 19.4 Å². The molecule has 0 aromatic heterocycles. The van der Waals surface area contributed by atoms with Crippen molar-refractivity contribution in [1.82, 2.24) is 0 Å². The summed E-state index contributed by atoms with van der Waals surface area (Å²) in [6.07, 6.45) is 0.831. The molecular weight excluding hydrogens is 200 g/mol. The second-order valence-electron chi connectivity index (χ2n) is 5.05. The Morgan fingerprint density at radius 3 is 2.38 bits per heavy atom. The first kappa shape index (κ1) is 12.8. The van der Waals surface area contributed by atoms with Crippen LogP contribution in [0.4, 0.5) is 5.69 Å². The Kier molecular flexibility index (Phi) is 3.81. The molecule has 0 saturated heterocycles. The van der Waals surface area contributed by atoms with Crippen molar-refractivity contribution < 1.29 is 4.74 Å². The Morgan fingerprint density at radius 2 is 1.94 bits per heavy atom. The van der Waals surface area contributed by atoms with Crippen molar-refractivity contribution in [3.05, 3.63) is 23.8 Å². The van der Waals surface area contributed by atoms with Gasteiger partial charge in [0.2, 0.25) is 0 Å². The third-order valence-corrected chi connectivity index (χ3v) is 2.41. The largest absolute Gasteiger partial charge is 0.497 e. The number of benzene rings is 1. The summed E-state index contributed by atoms with van der Waals surface area (Å²) in [4.78, 5) is 2.10. The molecule has 0 bridgehead atoms. The minimum absolute atomic E-state index is 0.211. The van der Waals surface area contributed by atoms with Crippen LogP contribution in [0.2, 0.25) is 0 Å². The number of ether oxygens (including phenoxy) is 1. The van der Waals surface area contributed by atoms with Gasteiger partial charge in [0.25, 0.3) is 0 Å². The number of hydrogen-bond acceptors (Lipinski definition) is 3. The molecule has 0 radical (unpaired) electrons. The van der Waals surface area contributed by atoms with E-state index in [0.29, 0.717) is 0 Å². The van der Waals surface area contributed by atoms with Crippen molar-refractivity contribution in [3.8, 4) is 5.75 Å². The average molecular weight is 222 g/mol. The van der Waals surface area contributed by atoms with Gasteiger partial charge in [0, 0.05) is 25.3 Å². The SMILES string of the molecule is COc1ccc(N(C)C)c(CC(C)(C)N)c1. The summed E-state index contributed by atoms with van der Waals surface area (Å²) in [7, 11) is 5.76. The first-order valence-electron chi connectivity index (χ1n) is 5.46. The summed E-state index contributed by atoms with van der Waals surface area (Å²) in [5, 5.41) is 0. The standard InChI is InChI=1S/C13H22N2O/c1-13(2,14)9-10-8-11(16-5)6-7-12(10)15(3)4/h6-8H,9,14H2,1-5H3. The van der Waals surface area contributed by atoms with Crippen molar-refractivity contribution in [2.75, 3.05) is 26.1 Å². The molecule has 0 aliphatic rings. The normalized spacial score (nSPS) is 11.4. The highest BCUT2D eigenvalue weighted by molar-refractivity contribution is 5.56. The predicted octanol–water partition coefficient (Wildman–Crippen LogP) is 2.04. The van der Waals surface area contributed by atoms with Crippen molar-refractivity contribution in [2.24, 2.45) is 5.73 Å². The number of nitrogens with zero attached hydrogens (tertiary/aromatic N) is 1. The molecule has 3 heteroatoms. The van der Waals surface area contributed by atoms with E-state index in [-0.39, 0.29) is 5.54 Å². The zero-order chi connectivity index (χ0) is 12.3. The van der Waals surface area contributed by atoms with Crippen molar-refractivity contribution in [3.63, 3.8) is 0 Å². The van der Waals surface area contributed by atoms with E-state index in [2.05, 4.69) is 17.0 Å². The van der Waals surface area contributed by atoms with E-state index in [4.69, 9.17) is 10.5 Å². The minimum Gasteiger partial charge on any atom is -0.497 e. The molecular formula is C13H22N2O. The van der Waals surface area contributed by atoms with Crippen molar-refractivity contribution in [1.29, 1.82) is 0 Å². The topological polar surface area (TPSA) is 38.5 Å². The van der Waals surface area contributed by atoms with Crippen LogP contribution in [0.3, 0.4) is 0 Å². The van der Waals surface area contributed by atoms with Crippen LogP contribution in [0.25, 0.3) is 0 Å².